The molecule has 0 aliphatic carbocycles. The second-order valence-corrected chi connectivity index (χ2v) is 5.07. The predicted molar refractivity (Wildman–Crippen MR) is 80.3 cm³/mol. The fourth-order valence-electron chi connectivity index (χ4n) is 1.98. The second-order valence-electron chi connectivity index (χ2n) is 5.07. The Balaban J connectivity index is 2.04. The Morgan fingerprint density at radius 1 is 1.35 bits per heavy atom. The smallest absolute Gasteiger partial charge is 0.246 e. The first kappa shape index (κ1) is 14.3. The molecule has 1 amide bonds. The fourth-order valence-corrected chi connectivity index (χ4v) is 1.98. The molecule has 0 saturated carbocycles. The van der Waals surface area contributed by atoms with E-state index >= 15 is 0 Å². The minimum atomic E-state index is 0.00680. The molecule has 2 heterocycles. The number of hydrogen-bond donors (Lipinski definition) is 1. The van der Waals surface area contributed by atoms with Crippen LogP contribution < -0.4 is 0 Å². The number of aromatic amines is 1. The van der Waals surface area contributed by atoms with Gasteiger partial charge in [0.15, 0.2) is 0 Å². The highest BCUT2D eigenvalue weighted by Gasteiger charge is 2.09. The molecule has 5 nitrogen and oxygen atoms in total. The summed E-state index contributed by atoms with van der Waals surface area (Å²) >= 11 is 0. The van der Waals surface area contributed by atoms with Gasteiger partial charge in [-0.05, 0) is 31.8 Å². The van der Waals surface area contributed by atoms with E-state index in [1.165, 1.54) is 0 Å². The highest BCUT2D eigenvalue weighted by atomic mass is 16.2. The number of fused-ring (bicyclic) bond motifs is 1. The Labute approximate surface area is 118 Å². The quantitative estimate of drug-likeness (QED) is 0.842. The predicted octanol–water partition coefficient (Wildman–Crippen LogP) is 1.64. The lowest BCUT2D eigenvalue weighted by molar-refractivity contribution is -0.125. The van der Waals surface area contributed by atoms with Crippen molar-refractivity contribution in [1.29, 1.82) is 0 Å². The summed E-state index contributed by atoms with van der Waals surface area (Å²) in [7, 11) is 5.75. The van der Waals surface area contributed by atoms with Crippen molar-refractivity contribution in [3.63, 3.8) is 0 Å². The van der Waals surface area contributed by atoms with Crippen molar-refractivity contribution >= 4 is 16.9 Å². The molecule has 0 aliphatic heterocycles. The van der Waals surface area contributed by atoms with Crippen LogP contribution in [0.3, 0.4) is 0 Å². The third-order valence-corrected chi connectivity index (χ3v) is 3.07. The van der Waals surface area contributed by atoms with E-state index in [1.54, 1.807) is 24.2 Å². The number of likely N-dealkylation sites (N-methyl/N-ethyl adjacent to an activating group) is 2. The van der Waals surface area contributed by atoms with E-state index < -0.39 is 0 Å². The number of H-pyrrole nitrogens is 1. The lowest BCUT2D eigenvalue weighted by Crippen LogP contribution is -2.24. The summed E-state index contributed by atoms with van der Waals surface area (Å²) in [5.74, 6) is 0.00680. The van der Waals surface area contributed by atoms with Gasteiger partial charge in [0.2, 0.25) is 5.91 Å². The Kier molecular flexibility index (Phi) is 4.53. The molecule has 5 heteroatoms. The van der Waals surface area contributed by atoms with Gasteiger partial charge in [-0.15, -0.1) is 0 Å². The molecule has 0 fully saturated rings. The van der Waals surface area contributed by atoms with Crippen molar-refractivity contribution in [2.24, 2.45) is 0 Å². The number of aromatic nitrogens is 2. The fraction of sp³-hybridized carbons (Fsp3) is 0.333. The topological polar surface area (TPSA) is 52.2 Å². The SMILES string of the molecule is CN(C)C/C=C/C(=O)N(C)Cc1ccnc2[nH]ccc12. The van der Waals surface area contributed by atoms with Gasteiger partial charge in [0.25, 0.3) is 0 Å². The molecule has 2 aromatic rings. The first-order valence-electron chi connectivity index (χ1n) is 6.55. The summed E-state index contributed by atoms with van der Waals surface area (Å²) < 4.78 is 0. The van der Waals surface area contributed by atoms with Crippen LogP contribution >= 0.6 is 0 Å². The highest BCUT2D eigenvalue weighted by molar-refractivity contribution is 5.88. The zero-order valence-corrected chi connectivity index (χ0v) is 12.1. The average molecular weight is 272 g/mol. The summed E-state index contributed by atoms with van der Waals surface area (Å²) in [5.41, 5.74) is 1.94. The van der Waals surface area contributed by atoms with Gasteiger partial charge in [-0.25, -0.2) is 4.98 Å². The minimum absolute atomic E-state index is 0.00680. The largest absolute Gasteiger partial charge is 0.346 e. The van der Waals surface area contributed by atoms with Crippen LogP contribution in [0.25, 0.3) is 11.0 Å². The Hall–Kier alpha value is -2.14. The van der Waals surface area contributed by atoms with Gasteiger partial charge in [-0.3, -0.25) is 4.79 Å². The molecule has 0 spiro atoms. The Bertz CT molecular complexity index is 615. The molecule has 2 aromatic heterocycles. The first-order valence-corrected chi connectivity index (χ1v) is 6.55. The van der Waals surface area contributed by atoms with Gasteiger partial charge in [0, 0.05) is 44.0 Å². The Morgan fingerprint density at radius 2 is 2.15 bits per heavy atom. The number of amides is 1. The van der Waals surface area contributed by atoms with Gasteiger partial charge in [0.05, 0.1) is 0 Å². The molecule has 1 N–H and O–H groups in total. The molecule has 0 saturated heterocycles. The summed E-state index contributed by atoms with van der Waals surface area (Å²) in [6.45, 7) is 1.33. The third kappa shape index (κ3) is 3.45. The number of rotatable bonds is 5. The van der Waals surface area contributed by atoms with E-state index in [0.717, 1.165) is 23.1 Å². The van der Waals surface area contributed by atoms with Gasteiger partial charge in [0.1, 0.15) is 5.65 Å². The van der Waals surface area contributed by atoms with Crippen molar-refractivity contribution in [3.8, 4) is 0 Å². The van der Waals surface area contributed by atoms with E-state index in [4.69, 9.17) is 0 Å². The van der Waals surface area contributed by atoms with E-state index in [-0.39, 0.29) is 5.91 Å². The molecule has 0 radical (unpaired) electrons. The number of carbonyl (C=O) groups is 1. The minimum Gasteiger partial charge on any atom is -0.346 e. The molecule has 106 valence electrons. The molecule has 0 bridgehead atoms. The normalized spacial score (nSPS) is 11.6. The monoisotopic (exact) mass is 272 g/mol. The molecule has 0 atom stereocenters. The van der Waals surface area contributed by atoms with E-state index in [1.807, 2.05) is 43.4 Å². The van der Waals surface area contributed by atoms with Crippen molar-refractivity contribution in [3.05, 3.63) is 42.2 Å². The second kappa shape index (κ2) is 6.34. The Morgan fingerprint density at radius 3 is 2.90 bits per heavy atom. The van der Waals surface area contributed by atoms with Crippen molar-refractivity contribution < 1.29 is 4.79 Å². The third-order valence-electron chi connectivity index (χ3n) is 3.07. The van der Waals surface area contributed by atoms with E-state index in [9.17, 15) is 4.79 Å². The first-order chi connectivity index (χ1) is 9.58. The van der Waals surface area contributed by atoms with Crippen LogP contribution in [0.15, 0.2) is 36.7 Å². The standard InChI is InChI=1S/C15H20N4O/c1-18(2)10-4-5-14(20)19(3)11-12-6-8-16-15-13(12)7-9-17-15/h4-9H,10-11H2,1-3H3,(H,16,17)/b5-4+. The molecule has 20 heavy (non-hydrogen) atoms. The van der Waals surface area contributed by atoms with Crippen LogP contribution in [-0.2, 0) is 11.3 Å². The van der Waals surface area contributed by atoms with Gasteiger partial charge < -0.3 is 14.8 Å². The van der Waals surface area contributed by atoms with Gasteiger partial charge in [-0.1, -0.05) is 6.08 Å². The molecule has 2 rings (SSSR count). The summed E-state index contributed by atoms with van der Waals surface area (Å²) in [5, 5.41) is 1.06. The lowest BCUT2D eigenvalue weighted by atomic mass is 10.2. The highest BCUT2D eigenvalue weighted by Crippen LogP contribution is 2.16. The summed E-state index contributed by atoms with van der Waals surface area (Å²) in [6.07, 6.45) is 7.11. The molecular weight excluding hydrogens is 252 g/mol. The maximum absolute atomic E-state index is 12.0. The van der Waals surface area contributed by atoms with Crippen LogP contribution in [0.2, 0.25) is 0 Å². The summed E-state index contributed by atoms with van der Waals surface area (Å²) in [4.78, 5) is 23.0. The molecule has 0 aromatic carbocycles. The van der Waals surface area contributed by atoms with E-state index in [0.29, 0.717) is 6.54 Å². The number of carbonyl (C=O) groups excluding carboxylic acids is 1. The van der Waals surface area contributed by atoms with Crippen LogP contribution in [0.4, 0.5) is 0 Å². The van der Waals surface area contributed by atoms with Crippen molar-refractivity contribution in [1.82, 2.24) is 19.8 Å². The van der Waals surface area contributed by atoms with Crippen LogP contribution in [0.5, 0.6) is 0 Å². The maximum Gasteiger partial charge on any atom is 0.246 e. The van der Waals surface area contributed by atoms with Gasteiger partial charge in [-0.2, -0.15) is 0 Å². The number of nitrogens with one attached hydrogen (secondary N) is 1. The number of hydrogen-bond acceptors (Lipinski definition) is 3. The molecule has 0 unspecified atom stereocenters. The number of nitrogens with zero attached hydrogens (tertiary/aromatic N) is 3. The van der Waals surface area contributed by atoms with Crippen molar-refractivity contribution in [2.75, 3.05) is 27.7 Å². The zero-order chi connectivity index (χ0) is 14.5. The number of pyridine rings is 1. The van der Waals surface area contributed by atoms with Crippen LogP contribution in [-0.4, -0.2) is 53.4 Å². The van der Waals surface area contributed by atoms with Crippen molar-refractivity contribution in [2.45, 2.75) is 6.54 Å². The maximum atomic E-state index is 12.0. The average Bonchev–Trinajstić information content (AvgIpc) is 2.87. The molecule has 0 aliphatic rings. The lowest BCUT2D eigenvalue weighted by Gasteiger charge is -2.16. The van der Waals surface area contributed by atoms with Crippen LogP contribution in [0, 0.1) is 0 Å². The van der Waals surface area contributed by atoms with E-state index in [2.05, 4.69) is 9.97 Å². The van der Waals surface area contributed by atoms with Gasteiger partial charge >= 0.3 is 0 Å². The van der Waals surface area contributed by atoms with Crippen LogP contribution in [0.1, 0.15) is 5.56 Å². The zero-order valence-electron chi connectivity index (χ0n) is 12.1. The summed E-state index contributed by atoms with van der Waals surface area (Å²) in [6, 6.07) is 3.93. The molecular formula is C15H20N4O.